The van der Waals surface area contributed by atoms with Crippen LogP contribution in [0.3, 0.4) is 0 Å². The van der Waals surface area contributed by atoms with E-state index in [4.69, 9.17) is 10.8 Å². The minimum absolute atomic E-state index is 0.148. The van der Waals surface area contributed by atoms with E-state index in [9.17, 15) is 9.59 Å². The molecule has 1 rings (SSSR count). The maximum absolute atomic E-state index is 10.5. The number of hydrogen-bond donors (Lipinski definition) is 2. The number of carboxylic acids is 1. The largest absolute Gasteiger partial charge is 0.480 e. The fourth-order valence-corrected chi connectivity index (χ4v) is 0.757. The number of rotatable bonds is 4. The van der Waals surface area contributed by atoms with E-state index in [0.717, 1.165) is 4.68 Å². The third-order valence-electron chi connectivity index (χ3n) is 1.22. The number of carbonyl (C=O) groups is 2. The average Bonchev–Trinajstić information content (AvgIpc) is 2.34. The second-order valence-corrected chi connectivity index (χ2v) is 2.29. The lowest BCUT2D eigenvalue weighted by Gasteiger charge is -1.97. The van der Waals surface area contributed by atoms with Crippen molar-refractivity contribution < 1.29 is 14.7 Å². The first-order valence-corrected chi connectivity index (χ1v) is 3.34. The van der Waals surface area contributed by atoms with E-state index in [1.165, 1.54) is 0 Å². The van der Waals surface area contributed by atoms with Gasteiger partial charge in [0.1, 0.15) is 6.54 Å². The Bertz CT molecular complexity index is 302. The predicted octanol–water partition coefficient (Wildman–Crippen LogP) is -2.21. The number of hydrogen-bond acceptors (Lipinski definition) is 5. The number of primary amides is 1. The summed E-state index contributed by atoms with van der Waals surface area (Å²) in [7, 11) is 0. The number of amides is 1. The number of carboxylic acid groups (broad SMARTS) is 1. The Morgan fingerprint density at radius 1 is 1.54 bits per heavy atom. The molecule has 0 aliphatic carbocycles. The molecule has 70 valence electrons. The third kappa shape index (κ3) is 2.51. The Morgan fingerprint density at radius 3 is 2.77 bits per heavy atom. The quantitative estimate of drug-likeness (QED) is 0.547. The molecule has 0 unspecified atom stereocenters. The third-order valence-corrected chi connectivity index (χ3v) is 1.22. The Labute approximate surface area is 72.3 Å². The summed E-state index contributed by atoms with van der Waals surface area (Å²) in [6.07, 6.45) is -0.166. The molecule has 1 heterocycles. The summed E-state index contributed by atoms with van der Waals surface area (Å²) in [6, 6.07) is 0. The van der Waals surface area contributed by atoms with Gasteiger partial charge in [0, 0.05) is 0 Å². The lowest BCUT2D eigenvalue weighted by atomic mass is 10.4. The lowest BCUT2D eigenvalue weighted by molar-refractivity contribution is -0.138. The first kappa shape index (κ1) is 9.10. The zero-order chi connectivity index (χ0) is 9.84. The number of nitrogens with two attached hydrogens (primary N) is 1. The summed E-state index contributed by atoms with van der Waals surface area (Å²) in [5.74, 6) is -1.55. The van der Waals surface area contributed by atoms with E-state index in [1.54, 1.807) is 0 Å². The van der Waals surface area contributed by atoms with Gasteiger partial charge in [0.15, 0.2) is 5.82 Å². The van der Waals surface area contributed by atoms with Crippen molar-refractivity contribution in [1.29, 1.82) is 0 Å². The van der Waals surface area contributed by atoms with E-state index in [1.807, 2.05) is 0 Å². The highest BCUT2D eigenvalue weighted by Gasteiger charge is 2.10. The molecule has 0 spiro atoms. The van der Waals surface area contributed by atoms with Crippen molar-refractivity contribution in [2.75, 3.05) is 0 Å². The molecule has 0 bridgehead atoms. The second kappa shape index (κ2) is 3.61. The van der Waals surface area contributed by atoms with Crippen LogP contribution in [0.15, 0.2) is 0 Å². The molecule has 1 amide bonds. The highest BCUT2D eigenvalue weighted by molar-refractivity contribution is 5.75. The Morgan fingerprint density at radius 2 is 2.23 bits per heavy atom. The number of aliphatic carboxylic acids is 1. The average molecular weight is 185 g/mol. The zero-order valence-electron chi connectivity index (χ0n) is 6.54. The van der Waals surface area contributed by atoms with Crippen molar-refractivity contribution in [2.45, 2.75) is 13.0 Å². The van der Waals surface area contributed by atoms with Crippen LogP contribution in [0.2, 0.25) is 0 Å². The summed E-state index contributed by atoms with van der Waals surface area (Å²) >= 11 is 0. The summed E-state index contributed by atoms with van der Waals surface area (Å²) < 4.78 is 1.01. The molecule has 8 heteroatoms. The van der Waals surface area contributed by atoms with Crippen LogP contribution in [0, 0.1) is 0 Å². The Balaban J connectivity index is 2.76. The fraction of sp³-hybridized carbons (Fsp3) is 0.400. The van der Waals surface area contributed by atoms with Crippen molar-refractivity contribution in [1.82, 2.24) is 20.2 Å². The molecular formula is C5H7N5O3. The van der Waals surface area contributed by atoms with Crippen molar-refractivity contribution in [3.05, 3.63) is 5.82 Å². The number of nitrogens with zero attached hydrogens (tertiary/aromatic N) is 4. The molecule has 1 aromatic heterocycles. The van der Waals surface area contributed by atoms with Gasteiger partial charge in [-0.05, 0) is 10.4 Å². The van der Waals surface area contributed by atoms with Gasteiger partial charge in [-0.3, -0.25) is 9.59 Å². The predicted molar refractivity (Wildman–Crippen MR) is 38.4 cm³/mol. The Kier molecular flexibility index (Phi) is 2.52. The van der Waals surface area contributed by atoms with E-state index in [2.05, 4.69) is 15.5 Å². The van der Waals surface area contributed by atoms with Gasteiger partial charge in [0.2, 0.25) is 5.91 Å². The molecular weight excluding hydrogens is 178 g/mol. The van der Waals surface area contributed by atoms with Gasteiger partial charge in [0.25, 0.3) is 0 Å². The molecule has 0 aliphatic heterocycles. The first-order chi connectivity index (χ1) is 6.09. The van der Waals surface area contributed by atoms with Crippen molar-refractivity contribution in [3.8, 4) is 0 Å². The molecule has 0 aromatic carbocycles. The minimum Gasteiger partial charge on any atom is -0.480 e. The van der Waals surface area contributed by atoms with Crippen LogP contribution in [0.5, 0.6) is 0 Å². The molecule has 13 heavy (non-hydrogen) atoms. The van der Waals surface area contributed by atoms with E-state index >= 15 is 0 Å². The van der Waals surface area contributed by atoms with Crippen LogP contribution in [0.25, 0.3) is 0 Å². The summed E-state index contributed by atoms with van der Waals surface area (Å²) in [5.41, 5.74) is 4.89. The van der Waals surface area contributed by atoms with Crippen molar-refractivity contribution in [2.24, 2.45) is 5.73 Å². The molecule has 8 nitrogen and oxygen atoms in total. The second-order valence-electron chi connectivity index (χ2n) is 2.29. The first-order valence-electron chi connectivity index (χ1n) is 3.34. The molecule has 0 atom stereocenters. The minimum atomic E-state index is -1.09. The van der Waals surface area contributed by atoms with Crippen molar-refractivity contribution in [3.63, 3.8) is 0 Å². The molecule has 1 aromatic rings. The van der Waals surface area contributed by atoms with Gasteiger partial charge < -0.3 is 10.8 Å². The van der Waals surface area contributed by atoms with Crippen LogP contribution in [-0.4, -0.2) is 37.2 Å². The maximum Gasteiger partial charge on any atom is 0.325 e. The monoisotopic (exact) mass is 185 g/mol. The smallest absolute Gasteiger partial charge is 0.325 e. The van der Waals surface area contributed by atoms with Gasteiger partial charge in [-0.25, -0.2) is 4.68 Å². The van der Waals surface area contributed by atoms with E-state index in [-0.39, 0.29) is 18.8 Å². The molecule has 0 radical (unpaired) electrons. The van der Waals surface area contributed by atoms with Crippen molar-refractivity contribution >= 4 is 11.9 Å². The fourth-order valence-electron chi connectivity index (χ4n) is 0.757. The van der Waals surface area contributed by atoms with Crippen LogP contribution >= 0.6 is 0 Å². The Hall–Kier alpha value is -1.99. The van der Waals surface area contributed by atoms with Gasteiger partial charge in [-0.1, -0.05) is 0 Å². The topological polar surface area (TPSA) is 124 Å². The number of carbonyl (C=O) groups excluding carboxylic acids is 1. The summed E-state index contributed by atoms with van der Waals surface area (Å²) in [4.78, 5) is 20.7. The van der Waals surface area contributed by atoms with Gasteiger partial charge in [0.05, 0.1) is 6.42 Å². The lowest BCUT2D eigenvalue weighted by Crippen LogP contribution is -2.20. The normalized spacial score (nSPS) is 9.85. The highest BCUT2D eigenvalue weighted by atomic mass is 16.4. The molecule has 0 fully saturated rings. The van der Waals surface area contributed by atoms with E-state index in [0.29, 0.717) is 0 Å². The number of tetrazole rings is 1. The van der Waals surface area contributed by atoms with E-state index < -0.39 is 11.9 Å². The SMILES string of the molecule is NC(=O)Cc1nnnn1CC(=O)O. The standard InChI is InChI=1S/C5H7N5O3/c6-3(11)1-4-7-8-9-10(4)2-5(12)13/h1-2H2,(H2,6,11)(H,12,13). The van der Waals surface area contributed by atoms with Crippen LogP contribution in [0.4, 0.5) is 0 Å². The van der Waals surface area contributed by atoms with Crippen LogP contribution in [-0.2, 0) is 22.6 Å². The molecule has 3 N–H and O–H groups in total. The number of aromatic nitrogens is 4. The van der Waals surface area contributed by atoms with Gasteiger partial charge in [-0.15, -0.1) is 5.10 Å². The molecule has 0 saturated heterocycles. The zero-order valence-corrected chi connectivity index (χ0v) is 6.54. The van der Waals surface area contributed by atoms with Crippen LogP contribution in [0.1, 0.15) is 5.82 Å². The van der Waals surface area contributed by atoms with Gasteiger partial charge in [-0.2, -0.15) is 0 Å². The summed E-state index contributed by atoms with van der Waals surface area (Å²) in [6.45, 7) is -0.379. The molecule has 0 saturated carbocycles. The maximum atomic E-state index is 10.5. The van der Waals surface area contributed by atoms with Crippen LogP contribution < -0.4 is 5.73 Å². The summed E-state index contributed by atoms with van der Waals surface area (Å²) in [5, 5.41) is 18.5. The van der Waals surface area contributed by atoms with Gasteiger partial charge >= 0.3 is 5.97 Å². The highest BCUT2D eigenvalue weighted by Crippen LogP contribution is 1.92. The molecule has 0 aliphatic rings.